The third-order valence-corrected chi connectivity index (χ3v) is 22.1. The van der Waals surface area contributed by atoms with Crippen LogP contribution in [0.4, 0.5) is 0 Å². The summed E-state index contributed by atoms with van der Waals surface area (Å²) in [6, 6.07) is 0. The van der Waals surface area contributed by atoms with Crippen molar-refractivity contribution in [2.24, 2.45) is 17.8 Å². The molecular weight excluding hydrogens is 1350 g/mol. The summed E-state index contributed by atoms with van der Waals surface area (Å²) >= 11 is 0. The molecule has 3 N–H and O–H groups in total. The third-order valence-electron chi connectivity index (χ3n) is 20.2. The summed E-state index contributed by atoms with van der Waals surface area (Å²) in [7, 11) is -9.93. The van der Waals surface area contributed by atoms with E-state index in [1.54, 1.807) is 0 Å². The van der Waals surface area contributed by atoms with E-state index in [0.717, 1.165) is 108 Å². The predicted octanol–water partition coefficient (Wildman–Crippen LogP) is 25.7. The van der Waals surface area contributed by atoms with Gasteiger partial charge in [0, 0.05) is 25.7 Å². The lowest BCUT2D eigenvalue weighted by atomic mass is 9.99. The third kappa shape index (κ3) is 76.8. The topological polar surface area (TPSA) is 237 Å². The van der Waals surface area contributed by atoms with Crippen LogP contribution in [-0.2, 0) is 65.4 Å². The Balaban J connectivity index is 5.26. The van der Waals surface area contributed by atoms with E-state index in [0.29, 0.717) is 25.7 Å². The summed E-state index contributed by atoms with van der Waals surface area (Å²) in [5.74, 6) is 0.255. The first-order valence-electron chi connectivity index (χ1n) is 43.9. The molecule has 0 saturated heterocycles. The molecule has 0 aliphatic heterocycles. The maximum absolute atomic E-state index is 13.1. The Labute approximate surface area is 638 Å². The van der Waals surface area contributed by atoms with Crippen LogP contribution in [0.3, 0.4) is 0 Å². The Kier molecular flexibility index (Phi) is 73.7. The molecule has 0 aliphatic rings. The van der Waals surface area contributed by atoms with Crippen LogP contribution in [-0.4, -0.2) is 96.7 Å². The van der Waals surface area contributed by atoms with Gasteiger partial charge in [-0.05, 0) is 43.4 Å². The van der Waals surface area contributed by atoms with Gasteiger partial charge in [-0.3, -0.25) is 37.3 Å². The number of esters is 4. The number of phosphoric acid groups is 2. The Morgan fingerprint density at radius 3 is 0.731 bits per heavy atom. The SMILES string of the molecule is CCCCCCCCCCCCCCCCCCCCCC(=O)O[C@H](COC(=O)CCCCCCCCCCCCCCCCCC(C)C)COP(=O)(O)OC[C@@H](O)COP(=O)(O)OC[C@@H](COC(=O)CCCCCCCCCCC(C)CC)OC(=O)CCCCCCCCCCCCCCC(C)C. The zero-order chi connectivity index (χ0) is 76.5. The highest BCUT2D eigenvalue weighted by Crippen LogP contribution is 2.45. The second-order valence-corrected chi connectivity index (χ2v) is 34.7. The van der Waals surface area contributed by atoms with Gasteiger partial charge in [0.2, 0.25) is 0 Å². The number of phosphoric ester groups is 2. The molecule has 6 atom stereocenters. The first-order chi connectivity index (χ1) is 50.3. The second kappa shape index (κ2) is 75.1. The van der Waals surface area contributed by atoms with Crippen molar-refractivity contribution >= 4 is 39.5 Å². The minimum absolute atomic E-state index is 0.107. The molecular formula is C85H166O17P2. The van der Waals surface area contributed by atoms with Crippen LogP contribution >= 0.6 is 15.6 Å². The van der Waals surface area contributed by atoms with Gasteiger partial charge in [0.1, 0.15) is 19.3 Å². The molecule has 0 bridgehead atoms. The number of hydrogen-bond donors (Lipinski definition) is 3. The van der Waals surface area contributed by atoms with Crippen molar-refractivity contribution in [2.45, 2.75) is 465 Å². The molecule has 0 aliphatic carbocycles. The fourth-order valence-electron chi connectivity index (χ4n) is 13.2. The molecule has 17 nitrogen and oxygen atoms in total. The Morgan fingerprint density at radius 1 is 0.279 bits per heavy atom. The van der Waals surface area contributed by atoms with Gasteiger partial charge in [-0.2, -0.15) is 0 Å². The quantitative estimate of drug-likeness (QED) is 0.0222. The lowest BCUT2D eigenvalue weighted by Crippen LogP contribution is -2.30. The van der Waals surface area contributed by atoms with Crippen molar-refractivity contribution in [3.8, 4) is 0 Å². The van der Waals surface area contributed by atoms with E-state index in [-0.39, 0.29) is 25.7 Å². The van der Waals surface area contributed by atoms with E-state index in [1.165, 1.54) is 257 Å². The van der Waals surface area contributed by atoms with Crippen LogP contribution in [0, 0.1) is 17.8 Å². The lowest BCUT2D eigenvalue weighted by Gasteiger charge is -2.21. The van der Waals surface area contributed by atoms with Gasteiger partial charge in [0.05, 0.1) is 26.4 Å². The van der Waals surface area contributed by atoms with Crippen LogP contribution < -0.4 is 0 Å². The van der Waals surface area contributed by atoms with Crippen LogP contribution in [0.25, 0.3) is 0 Å². The van der Waals surface area contributed by atoms with Crippen LogP contribution in [0.5, 0.6) is 0 Å². The first-order valence-corrected chi connectivity index (χ1v) is 46.9. The number of carbonyl (C=O) groups excluding carboxylic acids is 4. The smallest absolute Gasteiger partial charge is 0.462 e. The lowest BCUT2D eigenvalue weighted by molar-refractivity contribution is -0.161. The average Bonchev–Trinajstić information content (AvgIpc) is 0.922. The van der Waals surface area contributed by atoms with Crippen LogP contribution in [0.1, 0.15) is 447 Å². The standard InChI is InChI=1S/C85H166O17P2/c1-8-10-11-12-13-14-15-16-17-18-19-20-23-27-33-38-47-54-61-68-84(89)101-80(72-95-82(87)66-59-52-45-37-32-26-24-21-22-25-30-35-42-49-56-63-76(3)4)74-99-103(91,92)97-70-79(86)71-98-104(93,94)100-75-81(73-96-83(88)67-60-53-46-41-40-44-51-58-65-78(7)9-2)102-85(90)69-62-55-48-39-34-29-28-31-36-43-50-57-64-77(5)6/h76-81,86H,8-75H2,1-7H3,(H,91,92)(H,93,94)/t78?,79-,80-,81-/m1/s1. The summed E-state index contributed by atoms with van der Waals surface area (Å²) in [5, 5.41) is 10.7. The monoisotopic (exact) mass is 1520 g/mol. The van der Waals surface area contributed by atoms with Crippen molar-refractivity contribution in [3.63, 3.8) is 0 Å². The van der Waals surface area contributed by atoms with E-state index in [2.05, 4.69) is 48.5 Å². The molecule has 19 heteroatoms. The molecule has 0 amide bonds. The van der Waals surface area contributed by atoms with Crippen molar-refractivity contribution in [2.75, 3.05) is 39.6 Å². The number of rotatable bonds is 83. The average molecular weight is 1520 g/mol. The van der Waals surface area contributed by atoms with Crippen LogP contribution in [0.15, 0.2) is 0 Å². The number of hydrogen-bond acceptors (Lipinski definition) is 15. The molecule has 0 rings (SSSR count). The Hall–Kier alpha value is -1.94. The molecule has 0 aromatic carbocycles. The molecule has 0 aromatic heterocycles. The fraction of sp³-hybridized carbons (Fsp3) is 0.953. The molecule has 0 radical (unpaired) electrons. The molecule has 0 aromatic rings. The van der Waals surface area contributed by atoms with E-state index >= 15 is 0 Å². The number of carbonyl (C=O) groups is 4. The van der Waals surface area contributed by atoms with Gasteiger partial charge in [-0.15, -0.1) is 0 Å². The van der Waals surface area contributed by atoms with Crippen molar-refractivity contribution in [3.05, 3.63) is 0 Å². The van der Waals surface area contributed by atoms with Crippen molar-refractivity contribution in [1.82, 2.24) is 0 Å². The summed E-state index contributed by atoms with van der Waals surface area (Å²) in [6.45, 7) is 12.0. The molecule has 104 heavy (non-hydrogen) atoms. The largest absolute Gasteiger partial charge is 0.472 e. The second-order valence-electron chi connectivity index (χ2n) is 31.8. The van der Waals surface area contributed by atoms with Gasteiger partial charge in [-0.1, -0.05) is 395 Å². The summed E-state index contributed by atoms with van der Waals surface area (Å²) in [6.07, 6.45) is 65.1. The Morgan fingerprint density at radius 2 is 0.490 bits per heavy atom. The highest BCUT2D eigenvalue weighted by Gasteiger charge is 2.30. The highest BCUT2D eigenvalue weighted by molar-refractivity contribution is 7.47. The van der Waals surface area contributed by atoms with Gasteiger partial charge >= 0.3 is 39.5 Å². The maximum Gasteiger partial charge on any atom is 0.472 e. The molecule has 0 heterocycles. The van der Waals surface area contributed by atoms with Gasteiger partial charge < -0.3 is 33.8 Å². The normalized spacial score (nSPS) is 14.2. The van der Waals surface area contributed by atoms with E-state index in [1.807, 2.05) is 0 Å². The van der Waals surface area contributed by atoms with Crippen LogP contribution in [0.2, 0.25) is 0 Å². The predicted molar refractivity (Wildman–Crippen MR) is 428 cm³/mol. The molecule has 3 unspecified atom stereocenters. The summed E-state index contributed by atoms with van der Waals surface area (Å²) in [4.78, 5) is 73.2. The minimum atomic E-state index is -4.97. The maximum atomic E-state index is 13.1. The molecule has 0 spiro atoms. The zero-order valence-electron chi connectivity index (χ0n) is 68.5. The minimum Gasteiger partial charge on any atom is -0.462 e. The fourth-order valence-corrected chi connectivity index (χ4v) is 14.7. The summed E-state index contributed by atoms with van der Waals surface area (Å²) < 4.78 is 68.9. The van der Waals surface area contributed by atoms with Gasteiger partial charge in [0.15, 0.2) is 12.2 Å². The number of aliphatic hydroxyl groups excluding tert-OH is 1. The number of ether oxygens (including phenoxy) is 4. The highest BCUT2D eigenvalue weighted by atomic mass is 31.2. The van der Waals surface area contributed by atoms with Crippen molar-refractivity contribution in [1.29, 1.82) is 0 Å². The van der Waals surface area contributed by atoms with E-state index in [9.17, 15) is 43.2 Å². The molecule has 618 valence electrons. The van der Waals surface area contributed by atoms with E-state index in [4.69, 9.17) is 37.0 Å². The molecule has 0 fully saturated rings. The zero-order valence-corrected chi connectivity index (χ0v) is 70.3. The molecule has 0 saturated carbocycles. The number of unbranched alkanes of at least 4 members (excludes halogenated alkanes) is 50. The van der Waals surface area contributed by atoms with E-state index < -0.39 is 97.5 Å². The van der Waals surface area contributed by atoms with Crippen molar-refractivity contribution < 1.29 is 80.2 Å². The van der Waals surface area contributed by atoms with Gasteiger partial charge in [-0.25, -0.2) is 9.13 Å². The van der Waals surface area contributed by atoms with Gasteiger partial charge in [0.25, 0.3) is 0 Å². The number of aliphatic hydroxyl groups is 1. The first kappa shape index (κ1) is 102. The Bertz CT molecular complexity index is 2010. The summed E-state index contributed by atoms with van der Waals surface area (Å²) in [5.41, 5.74) is 0.